The third kappa shape index (κ3) is 2.85. The SMILES string of the molecule is CCn1cc(NCc2ccc(Br)cc2)cn1. The molecule has 84 valence electrons. The van der Waals surface area contributed by atoms with Gasteiger partial charge in [-0.15, -0.1) is 0 Å². The largest absolute Gasteiger partial charge is 0.378 e. The van der Waals surface area contributed by atoms with Crippen LogP contribution in [0, 0.1) is 0 Å². The molecule has 0 unspecified atom stereocenters. The molecule has 0 aliphatic rings. The van der Waals surface area contributed by atoms with Crippen molar-refractivity contribution in [1.82, 2.24) is 9.78 Å². The van der Waals surface area contributed by atoms with Crippen molar-refractivity contribution in [2.24, 2.45) is 0 Å². The van der Waals surface area contributed by atoms with Gasteiger partial charge in [-0.1, -0.05) is 28.1 Å². The number of nitrogens with zero attached hydrogens (tertiary/aromatic N) is 2. The summed E-state index contributed by atoms with van der Waals surface area (Å²) in [5.74, 6) is 0. The molecular weight excluding hydrogens is 266 g/mol. The van der Waals surface area contributed by atoms with Crippen molar-refractivity contribution in [2.45, 2.75) is 20.0 Å². The molecule has 1 heterocycles. The van der Waals surface area contributed by atoms with Crippen LogP contribution in [0.15, 0.2) is 41.1 Å². The second-order valence-corrected chi connectivity index (χ2v) is 4.48. The zero-order valence-electron chi connectivity index (χ0n) is 9.15. The van der Waals surface area contributed by atoms with Crippen molar-refractivity contribution in [2.75, 3.05) is 5.32 Å². The number of aryl methyl sites for hydroxylation is 1. The Morgan fingerprint density at radius 3 is 2.69 bits per heavy atom. The van der Waals surface area contributed by atoms with E-state index in [9.17, 15) is 0 Å². The van der Waals surface area contributed by atoms with Gasteiger partial charge in [0.25, 0.3) is 0 Å². The summed E-state index contributed by atoms with van der Waals surface area (Å²) in [5, 5.41) is 7.54. The van der Waals surface area contributed by atoms with E-state index in [0.29, 0.717) is 0 Å². The van der Waals surface area contributed by atoms with Crippen molar-refractivity contribution in [1.29, 1.82) is 0 Å². The lowest BCUT2D eigenvalue weighted by atomic mass is 10.2. The van der Waals surface area contributed by atoms with E-state index in [0.717, 1.165) is 23.2 Å². The Balaban J connectivity index is 1.94. The number of hydrogen-bond acceptors (Lipinski definition) is 2. The first-order valence-corrected chi connectivity index (χ1v) is 6.08. The molecule has 16 heavy (non-hydrogen) atoms. The van der Waals surface area contributed by atoms with Crippen LogP contribution in [0.1, 0.15) is 12.5 Å². The quantitative estimate of drug-likeness (QED) is 0.931. The molecule has 0 saturated carbocycles. The monoisotopic (exact) mass is 279 g/mol. The average molecular weight is 280 g/mol. The average Bonchev–Trinajstić information content (AvgIpc) is 2.76. The highest BCUT2D eigenvalue weighted by Gasteiger charge is 1.97. The van der Waals surface area contributed by atoms with Crippen molar-refractivity contribution < 1.29 is 0 Å². The van der Waals surface area contributed by atoms with E-state index in [1.165, 1.54) is 5.56 Å². The number of anilines is 1. The third-order valence-corrected chi connectivity index (χ3v) is 2.90. The summed E-state index contributed by atoms with van der Waals surface area (Å²) in [6.45, 7) is 3.80. The van der Waals surface area contributed by atoms with E-state index in [2.05, 4.69) is 45.4 Å². The van der Waals surface area contributed by atoms with Gasteiger partial charge in [-0.05, 0) is 24.6 Å². The molecule has 2 aromatic rings. The van der Waals surface area contributed by atoms with Gasteiger partial charge in [-0.25, -0.2) is 0 Å². The molecule has 4 heteroatoms. The molecule has 1 N–H and O–H groups in total. The first kappa shape index (κ1) is 11.2. The molecule has 0 fully saturated rings. The van der Waals surface area contributed by atoms with Gasteiger partial charge in [-0.2, -0.15) is 5.10 Å². The molecule has 1 aromatic heterocycles. The molecule has 0 spiro atoms. The Morgan fingerprint density at radius 1 is 1.31 bits per heavy atom. The van der Waals surface area contributed by atoms with E-state index >= 15 is 0 Å². The second kappa shape index (κ2) is 5.16. The highest BCUT2D eigenvalue weighted by Crippen LogP contribution is 2.12. The Hall–Kier alpha value is -1.29. The molecule has 0 bridgehead atoms. The van der Waals surface area contributed by atoms with E-state index < -0.39 is 0 Å². The molecule has 3 nitrogen and oxygen atoms in total. The molecule has 0 radical (unpaired) electrons. The van der Waals surface area contributed by atoms with Crippen molar-refractivity contribution >= 4 is 21.6 Å². The Bertz CT molecular complexity index is 448. The van der Waals surface area contributed by atoms with Gasteiger partial charge in [0, 0.05) is 23.8 Å². The van der Waals surface area contributed by atoms with Crippen LogP contribution in [-0.4, -0.2) is 9.78 Å². The second-order valence-electron chi connectivity index (χ2n) is 3.56. The first-order valence-electron chi connectivity index (χ1n) is 5.28. The minimum absolute atomic E-state index is 0.822. The van der Waals surface area contributed by atoms with Crippen molar-refractivity contribution in [3.63, 3.8) is 0 Å². The zero-order chi connectivity index (χ0) is 11.4. The van der Waals surface area contributed by atoms with Gasteiger partial charge in [0.15, 0.2) is 0 Å². The van der Waals surface area contributed by atoms with Crippen LogP contribution in [0.4, 0.5) is 5.69 Å². The van der Waals surface area contributed by atoms with Crippen LogP contribution in [0.3, 0.4) is 0 Å². The maximum Gasteiger partial charge on any atom is 0.0729 e. The molecular formula is C12H14BrN3. The van der Waals surface area contributed by atoms with E-state index in [4.69, 9.17) is 0 Å². The fourth-order valence-electron chi connectivity index (χ4n) is 1.43. The normalized spacial score (nSPS) is 10.4. The van der Waals surface area contributed by atoms with Gasteiger partial charge in [0.1, 0.15) is 0 Å². The highest BCUT2D eigenvalue weighted by molar-refractivity contribution is 9.10. The number of benzene rings is 1. The molecule has 0 amide bonds. The number of rotatable bonds is 4. The van der Waals surface area contributed by atoms with Gasteiger partial charge < -0.3 is 5.32 Å². The summed E-state index contributed by atoms with van der Waals surface area (Å²) in [6.07, 6.45) is 3.86. The molecule has 0 aliphatic heterocycles. The molecule has 0 atom stereocenters. The standard InChI is InChI=1S/C12H14BrN3/c1-2-16-9-12(8-15-16)14-7-10-3-5-11(13)6-4-10/h3-6,8-9,14H,2,7H2,1H3. The number of nitrogens with one attached hydrogen (secondary N) is 1. The molecule has 2 rings (SSSR count). The lowest BCUT2D eigenvalue weighted by Crippen LogP contribution is -1.98. The van der Waals surface area contributed by atoms with Gasteiger partial charge in [-0.3, -0.25) is 4.68 Å². The Morgan fingerprint density at radius 2 is 2.06 bits per heavy atom. The summed E-state index contributed by atoms with van der Waals surface area (Å²) in [5.41, 5.74) is 2.32. The van der Waals surface area contributed by atoms with Crippen molar-refractivity contribution in [3.05, 3.63) is 46.7 Å². The minimum atomic E-state index is 0.822. The minimum Gasteiger partial charge on any atom is -0.378 e. The predicted molar refractivity (Wildman–Crippen MR) is 69.4 cm³/mol. The summed E-state index contributed by atoms with van der Waals surface area (Å²) in [7, 11) is 0. The summed E-state index contributed by atoms with van der Waals surface area (Å²) < 4.78 is 3.01. The van der Waals surface area contributed by atoms with Crippen LogP contribution in [0.25, 0.3) is 0 Å². The van der Waals surface area contributed by atoms with Crippen LogP contribution in [-0.2, 0) is 13.1 Å². The molecule has 1 aromatic carbocycles. The lowest BCUT2D eigenvalue weighted by molar-refractivity contribution is 0.660. The van der Waals surface area contributed by atoms with Crippen LogP contribution >= 0.6 is 15.9 Å². The van der Waals surface area contributed by atoms with E-state index in [-0.39, 0.29) is 0 Å². The molecule has 0 saturated heterocycles. The van der Waals surface area contributed by atoms with Crippen LogP contribution in [0.2, 0.25) is 0 Å². The summed E-state index contributed by atoms with van der Waals surface area (Å²) >= 11 is 3.42. The highest BCUT2D eigenvalue weighted by atomic mass is 79.9. The summed E-state index contributed by atoms with van der Waals surface area (Å²) in [4.78, 5) is 0. The smallest absolute Gasteiger partial charge is 0.0729 e. The maximum atomic E-state index is 4.21. The molecule has 0 aliphatic carbocycles. The van der Waals surface area contributed by atoms with Gasteiger partial charge >= 0.3 is 0 Å². The first-order chi connectivity index (χ1) is 7.78. The zero-order valence-corrected chi connectivity index (χ0v) is 10.7. The Labute approximate surface area is 104 Å². The van der Waals surface area contributed by atoms with Crippen LogP contribution in [0.5, 0.6) is 0 Å². The van der Waals surface area contributed by atoms with E-state index in [1.807, 2.05) is 29.2 Å². The fraction of sp³-hybridized carbons (Fsp3) is 0.250. The maximum absolute atomic E-state index is 4.21. The number of halogens is 1. The van der Waals surface area contributed by atoms with Crippen molar-refractivity contribution in [3.8, 4) is 0 Å². The van der Waals surface area contributed by atoms with Crippen LogP contribution < -0.4 is 5.32 Å². The fourth-order valence-corrected chi connectivity index (χ4v) is 1.70. The Kier molecular flexibility index (Phi) is 3.62. The van der Waals surface area contributed by atoms with Gasteiger partial charge in [0.05, 0.1) is 11.9 Å². The number of aromatic nitrogens is 2. The topological polar surface area (TPSA) is 29.9 Å². The summed E-state index contributed by atoms with van der Waals surface area (Å²) in [6, 6.07) is 8.29. The number of hydrogen-bond donors (Lipinski definition) is 1. The third-order valence-electron chi connectivity index (χ3n) is 2.37. The van der Waals surface area contributed by atoms with Gasteiger partial charge in [0.2, 0.25) is 0 Å². The lowest BCUT2D eigenvalue weighted by Gasteiger charge is -2.03. The van der Waals surface area contributed by atoms with E-state index in [1.54, 1.807) is 0 Å². The predicted octanol–water partition coefficient (Wildman–Crippen LogP) is 3.28.